The maximum atomic E-state index is 13.1. The third-order valence-corrected chi connectivity index (χ3v) is 6.98. The highest BCUT2D eigenvalue weighted by molar-refractivity contribution is 5.85. The quantitative estimate of drug-likeness (QED) is 0.785. The van der Waals surface area contributed by atoms with E-state index in [1.54, 1.807) is 14.2 Å². The Bertz CT molecular complexity index is 770. The zero-order chi connectivity index (χ0) is 16.6. The van der Waals surface area contributed by atoms with Crippen molar-refractivity contribution in [1.29, 1.82) is 0 Å². The van der Waals surface area contributed by atoms with Gasteiger partial charge in [0.15, 0.2) is 11.5 Å². The molecule has 1 aromatic rings. The summed E-state index contributed by atoms with van der Waals surface area (Å²) in [6, 6.07) is 4.23. The molecule has 0 spiro atoms. The lowest BCUT2D eigenvalue weighted by Gasteiger charge is -2.45. The summed E-state index contributed by atoms with van der Waals surface area (Å²) in [6.45, 7) is 3.08. The number of amides is 1. The smallest absolute Gasteiger partial charge is 0.227 e. The standard InChI is InChI=1S/C20H23NO3/c1-20-14-10-16(24-3)15(23-2)9-11(14)6-7-21(20)19(22)17-12-4-5-13(8-12)18(17)20/h4-5,9-10,12-13,17-18H,6-8H2,1-3H3/t12-,13+,17-,18+,20-/m0/s1. The molecule has 1 saturated heterocycles. The van der Waals surface area contributed by atoms with E-state index < -0.39 is 0 Å². The summed E-state index contributed by atoms with van der Waals surface area (Å²) in [6.07, 6.45) is 6.66. The third kappa shape index (κ3) is 1.48. The summed E-state index contributed by atoms with van der Waals surface area (Å²) in [5.74, 6) is 3.42. The van der Waals surface area contributed by atoms with Gasteiger partial charge in [-0.2, -0.15) is 0 Å². The predicted molar refractivity (Wildman–Crippen MR) is 90.0 cm³/mol. The molecule has 5 rings (SSSR count). The molecule has 4 heteroatoms. The molecule has 24 heavy (non-hydrogen) atoms. The second-order valence-electron chi connectivity index (χ2n) is 7.75. The van der Waals surface area contributed by atoms with E-state index in [-0.39, 0.29) is 11.5 Å². The fourth-order valence-electron chi connectivity index (χ4n) is 6.01. The summed E-state index contributed by atoms with van der Waals surface area (Å²) in [4.78, 5) is 15.3. The van der Waals surface area contributed by atoms with Crippen LogP contribution in [0, 0.1) is 23.7 Å². The minimum absolute atomic E-state index is 0.170. The van der Waals surface area contributed by atoms with E-state index in [4.69, 9.17) is 9.47 Å². The second-order valence-corrected chi connectivity index (χ2v) is 7.75. The first kappa shape index (κ1) is 14.4. The van der Waals surface area contributed by atoms with Gasteiger partial charge in [0, 0.05) is 12.5 Å². The van der Waals surface area contributed by atoms with E-state index in [1.165, 1.54) is 11.1 Å². The highest BCUT2D eigenvalue weighted by Crippen LogP contribution is 2.63. The van der Waals surface area contributed by atoms with Crippen molar-refractivity contribution in [3.05, 3.63) is 35.4 Å². The molecule has 0 N–H and O–H groups in total. The number of nitrogens with zero attached hydrogens (tertiary/aromatic N) is 1. The van der Waals surface area contributed by atoms with Gasteiger partial charge < -0.3 is 14.4 Å². The molecular formula is C20H23NO3. The Hall–Kier alpha value is -1.97. The number of methoxy groups -OCH3 is 2. The number of carbonyl (C=O) groups is 1. The number of hydrogen-bond acceptors (Lipinski definition) is 3. The van der Waals surface area contributed by atoms with Crippen molar-refractivity contribution in [2.24, 2.45) is 23.7 Å². The van der Waals surface area contributed by atoms with Gasteiger partial charge in [0.2, 0.25) is 5.91 Å². The third-order valence-electron chi connectivity index (χ3n) is 6.98. The molecule has 1 saturated carbocycles. The first-order valence-electron chi connectivity index (χ1n) is 8.84. The van der Waals surface area contributed by atoms with Gasteiger partial charge in [-0.05, 0) is 54.9 Å². The zero-order valence-electron chi connectivity index (χ0n) is 14.4. The summed E-state index contributed by atoms with van der Waals surface area (Å²) in [5, 5.41) is 0. The highest BCUT2D eigenvalue weighted by atomic mass is 16.5. The number of hydrogen-bond donors (Lipinski definition) is 0. The summed E-state index contributed by atoms with van der Waals surface area (Å²) >= 11 is 0. The first-order chi connectivity index (χ1) is 11.6. The molecule has 1 amide bonds. The lowest BCUT2D eigenvalue weighted by Crippen LogP contribution is -2.49. The van der Waals surface area contributed by atoms with E-state index in [2.05, 4.69) is 36.1 Å². The molecule has 1 aromatic carbocycles. The van der Waals surface area contributed by atoms with Crippen LogP contribution in [0.2, 0.25) is 0 Å². The molecule has 126 valence electrons. The maximum Gasteiger partial charge on any atom is 0.227 e. The summed E-state index contributed by atoms with van der Waals surface area (Å²) in [5.41, 5.74) is 2.33. The van der Waals surface area contributed by atoms with Gasteiger partial charge in [0.05, 0.1) is 25.7 Å². The van der Waals surface area contributed by atoms with Crippen molar-refractivity contribution >= 4 is 5.91 Å². The van der Waals surface area contributed by atoms with Crippen LogP contribution in [0.15, 0.2) is 24.3 Å². The van der Waals surface area contributed by atoms with Crippen molar-refractivity contribution < 1.29 is 14.3 Å². The van der Waals surface area contributed by atoms with Crippen LogP contribution >= 0.6 is 0 Å². The molecule has 0 radical (unpaired) electrons. The van der Waals surface area contributed by atoms with Gasteiger partial charge in [-0.3, -0.25) is 4.79 Å². The molecular weight excluding hydrogens is 302 g/mol. The highest BCUT2D eigenvalue weighted by Gasteiger charge is 2.65. The van der Waals surface area contributed by atoms with Crippen LogP contribution < -0.4 is 9.47 Å². The fraction of sp³-hybridized carbons (Fsp3) is 0.550. The Kier molecular flexibility index (Phi) is 2.73. The minimum atomic E-state index is -0.223. The van der Waals surface area contributed by atoms with Crippen molar-refractivity contribution in [1.82, 2.24) is 4.90 Å². The number of fused-ring (bicyclic) bond motifs is 9. The lowest BCUT2D eigenvalue weighted by atomic mass is 9.69. The number of rotatable bonds is 2. The van der Waals surface area contributed by atoms with E-state index >= 15 is 0 Å². The zero-order valence-corrected chi connectivity index (χ0v) is 14.4. The van der Waals surface area contributed by atoms with Crippen molar-refractivity contribution in [3.8, 4) is 11.5 Å². The Labute approximate surface area is 142 Å². The molecule has 2 aliphatic heterocycles. The number of allylic oxidation sites excluding steroid dienone is 2. The van der Waals surface area contributed by atoms with Crippen molar-refractivity contribution in [3.63, 3.8) is 0 Å². The Morgan fingerprint density at radius 2 is 1.83 bits per heavy atom. The van der Waals surface area contributed by atoms with Crippen LogP contribution in [0.5, 0.6) is 11.5 Å². The first-order valence-corrected chi connectivity index (χ1v) is 8.84. The van der Waals surface area contributed by atoms with Gasteiger partial charge in [0.25, 0.3) is 0 Å². The van der Waals surface area contributed by atoms with Gasteiger partial charge in [-0.1, -0.05) is 12.2 Å². The van der Waals surface area contributed by atoms with Crippen molar-refractivity contribution in [2.75, 3.05) is 20.8 Å². The monoisotopic (exact) mass is 325 g/mol. The molecule has 0 aromatic heterocycles. The Morgan fingerprint density at radius 3 is 2.58 bits per heavy atom. The van der Waals surface area contributed by atoms with Gasteiger partial charge in [-0.15, -0.1) is 0 Å². The van der Waals surface area contributed by atoms with Gasteiger partial charge in [-0.25, -0.2) is 0 Å². The van der Waals surface area contributed by atoms with E-state index in [9.17, 15) is 4.79 Å². The van der Waals surface area contributed by atoms with Crippen LogP contribution in [-0.2, 0) is 16.8 Å². The van der Waals surface area contributed by atoms with E-state index in [0.717, 1.165) is 30.9 Å². The van der Waals surface area contributed by atoms with Crippen LogP contribution in [-0.4, -0.2) is 31.6 Å². The average molecular weight is 325 g/mol. The largest absolute Gasteiger partial charge is 0.493 e. The number of carbonyl (C=O) groups excluding carboxylic acids is 1. The lowest BCUT2D eigenvalue weighted by molar-refractivity contribution is -0.135. The van der Waals surface area contributed by atoms with E-state index in [1.807, 2.05) is 0 Å². The van der Waals surface area contributed by atoms with Crippen LogP contribution in [0.1, 0.15) is 24.5 Å². The summed E-state index contributed by atoms with van der Waals surface area (Å²) < 4.78 is 11.0. The Morgan fingerprint density at radius 1 is 1.12 bits per heavy atom. The Balaban J connectivity index is 1.71. The van der Waals surface area contributed by atoms with Gasteiger partial charge >= 0.3 is 0 Å². The van der Waals surface area contributed by atoms with Gasteiger partial charge in [0.1, 0.15) is 0 Å². The maximum absolute atomic E-state index is 13.1. The average Bonchev–Trinajstić information content (AvgIpc) is 3.27. The molecule has 2 bridgehead atoms. The molecule has 0 unspecified atom stereocenters. The molecule has 5 atom stereocenters. The fourth-order valence-corrected chi connectivity index (χ4v) is 6.01. The van der Waals surface area contributed by atoms with E-state index in [0.29, 0.717) is 23.7 Å². The molecule has 2 fully saturated rings. The predicted octanol–water partition coefficient (Wildman–Crippen LogP) is 2.76. The molecule has 4 aliphatic rings. The SMILES string of the molecule is COc1cc2c(cc1OC)[C@@]1(C)[C@H]3[C@@H](C(=O)N1CC2)[C@H]1C=C[C@@H]3C1. The van der Waals surface area contributed by atoms with Crippen LogP contribution in [0.4, 0.5) is 0 Å². The second kappa shape index (κ2) is 4.56. The molecule has 2 heterocycles. The number of benzene rings is 1. The molecule has 4 nitrogen and oxygen atoms in total. The molecule has 2 aliphatic carbocycles. The normalized spacial score (nSPS) is 38.1. The summed E-state index contributed by atoms with van der Waals surface area (Å²) in [7, 11) is 3.35. The minimum Gasteiger partial charge on any atom is -0.493 e. The van der Waals surface area contributed by atoms with Crippen LogP contribution in [0.3, 0.4) is 0 Å². The van der Waals surface area contributed by atoms with Crippen molar-refractivity contribution in [2.45, 2.75) is 25.3 Å². The van der Waals surface area contributed by atoms with Crippen LogP contribution in [0.25, 0.3) is 0 Å². The topological polar surface area (TPSA) is 38.8 Å². The number of ether oxygens (including phenoxy) is 2.